The second-order valence-corrected chi connectivity index (χ2v) is 4.56. The molecule has 0 radical (unpaired) electrons. The van der Waals surface area contributed by atoms with Crippen molar-refractivity contribution in [2.45, 2.75) is 13.0 Å². The SMILES string of the molecule is N=C(N)c1cccc(COc2ccccc2CCO)c1F. The summed E-state index contributed by atoms with van der Waals surface area (Å²) in [6.07, 6.45) is 0.478. The molecule has 2 rings (SSSR count). The van der Waals surface area contributed by atoms with Crippen LogP contribution in [0.1, 0.15) is 16.7 Å². The number of hydrogen-bond donors (Lipinski definition) is 3. The van der Waals surface area contributed by atoms with Gasteiger partial charge < -0.3 is 15.6 Å². The van der Waals surface area contributed by atoms with Gasteiger partial charge in [-0.05, 0) is 24.1 Å². The number of ether oxygens (including phenoxy) is 1. The molecule has 4 nitrogen and oxygen atoms in total. The highest BCUT2D eigenvalue weighted by molar-refractivity contribution is 5.95. The Balaban J connectivity index is 2.17. The van der Waals surface area contributed by atoms with Gasteiger partial charge in [-0.2, -0.15) is 0 Å². The molecule has 4 N–H and O–H groups in total. The van der Waals surface area contributed by atoms with Gasteiger partial charge in [-0.1, -0.05) is 30.3 Å². The molecule has 0 saturated heterocycles. The number of benzene rings is 2. The number of aliphatic hydroxyl groups is 1. The average molecular weight is 288 g/mol. The first kappa shape index (κ1) is 15.0. The summed E-state index contributed by atoms with van der Waals surface area (Å²) in [4.78, 5) is 0. The zero-order valence-corrected chi connectivity index (χ0v) is 11.5. The highest BCUT2D eigenvalue weighted by atomic mass is 19.1. The number of hydrogen-bond acceptors (Lipinski definition) is 3. The molecule has 0 aromatic heterocycles. The fourth-order valence-electron chi connectivity index (χ4n) is 2.03. The topological polar surface area (TPSA) is 79.3 Å². The maximum absolute atomic E-state index is 14.1. The van der Waals surface area contributed by atoms with Gasteiger partial charge in [0.15, 0.2) is 0 Å². The molecule has 2 aromatic carbocycles. The van der Waals surface area contributed by atoms with E-state index in [1.54, 1.807) is 18.2 Å². The van der Waals surface area contributed by atoms with E-state index < -0.39 is 5.82 Å². The Morgan fingerprint density at radius 3 is 2.57 bits per heavy atom. The van der Waals surface area contributed by atoms with Crippen LogP contribution in [0.5, 0.6) is 5.75 Å². The lowest BCUT2D eigenvalue weighted by Crippen LogP contribution is -2.14. The molecule has 0 heterocycles. The Labute approximate surface area is 122 Å². The van der Waals surface area contributed by atoms with Crippen molar-refractivity contribution in [1.29, 1.82) is 5.41 Å². The number of nitrogens with two attached hydrogens (primary N) is 1. The van der Waals surface area contributed by atoms with Gasteiger partial charge in [-0.15, -0.1) is 0 Å². The highest BCUT2D eigenvalue weighted by Gasteiger charge is 2.11. The molecule has 5 heteroatoms. The van der Waals surface area contributed by atoms with Crippen molar-refractivity contribution in [2.75, 3.05) is 6.61 Å². The predicted octanol–water partition coefficient (Wildman–Crippen LogP) is 2.22. The van der Waals surface area contributed by atoms with E-state index in [2.05, 4.69) is 0 Å². The molecule has 0 aliphatic carbocycles. The largest absolute Gasteiger partial charge is 0.489 e. The second-order valence-electron chi connectivity index (χ2n) is 4.56. The van der Waals surface area contributed by atoms with E-state index in [0.29, 0.717) is 17.7 Å². The van der Waals surface area contributed by atoms with E-state index >= 15 is 0 Å². The first-order valence-electron chi connectivity index (χ1n) is 6.57. The third-order valence-electron chi connectivity index (χ3n) is 3.11. The summed E-state index contributed by atoms with van der Waals surface area (Å²) in [5, 5.41) is 16.3. The van der Waals surface area contributed by atoms with Gasteiger partial charge in [-0.25, -0.2) is 4.39 Å². The van der Waals surface area contributed by atoms with Crippen molar-refractivity contribution in [3.8, 4) is 5.75 Å². The predicted molar refractivity (Wildman–Crippen MR) is 79.0 cm³/mol. The van der Waals surface area contributed by atoms with Crippen LogP contribution in [0.3, 0.4) is 0 Å². The van der Waals surface area contributed by atoms with Crippen LogP contribution < -0.4 is 10.5 Å². The van der Waals surface area contributed by atoms with Crippen LogP contribution in [0.25, 0.3) is 0 Å². The highest BCUT2D eigenvalue weighted by Crippen LogP contribution is 2.21. The number of nitrogens with one attached hydrogen (secondary N) is 1. The fourth-order valence-corrected chi connectivity index (χ4v) is 2.03. The Morgan fingerprint density at radius 2 is 1.86 bits per heavy atom. The molecule has 2 aromatic rings. The maximum Gasteiger partial charge on any atom is 0.140 e. The first-order valence-corrected chi connectivity index (χ1v) is 6.57. The van der Waals surface area contributed by atoms with Crippen LogP contribution in [-0.4, -0.2) is 17.5 Å². The van der Waals surface area contributed by atoms with E-state index in [1.807, 2.05) is 18.2 Å². The molecular formula is C16H17FN2O2. The van der Waals surface area contributed by atoms with E-state index in [0.717, 1.165) is 5.56 Å². The van der Waals surface area contributed by atoms with Crippen molar-refractivity contribution >= 4 is 5.84 Å². The first-order chi connectivity index (χ1) is 10.1. The van der Waals surface area contributed by atoms with Gasteiger partial charge in [-0.3, -0.25) is 5.41 Å². The minimum atomic E-state index is -0.537. The summed E-state index contributed by atoms with van der Waals surface area (Å²) in [5.74, 6) is -0.237. The van der Waals surface area contributed by atoms with Gasteiger partial charge in [0.1, 0.15) is 24.0 Å². The van der Waals surface area contributed by atoms with Crippen molar-refractivity contribution in [2.24, 2.45) is 5.73 Å². The van der Waals surface area contributed by atoms with Gasteiger partial charge in [0, 0.05) is 12.2 Å². The lowest BCUT2D eigenvalue weighted by atomic mass is 10.1. The quantitative estimate of drug-likeness (QED) is 0.563. The summed E-state index contributed by atoms with van der Waals surface area (Å²) in [6, 6.07) is 12.0. The molecule has 0 aliphatic heterocycles. The minimum absolute atomic E-state index is 0.0224. The summed E-state index contributed by atoms with van der Waals surface area (Å²) in [5.41, 5.74) is 6.60. The average Bonchev–Trinajstić information content (AvgIpc) is 2.47. The smallest absolute Gasteiger partial charge is 0.140 e. The van der Waals surface area contributed by atoms with Crippen molar-refractivity contribution in [1.82, 2.24) is 0 Å². The molecular weight excluding hydrogens is 271 g/mol. The van der Waals surface area contributed by atoms with E-state index in [4.69, 9.17) is 21.0 Å². The number of nitrogen functional groups attached to an aromatic ring is 1. The Hall–Kier alpha value is -2.40. The maximum atomic E-state index is 14.1. The molecule has 110 valence electrons. The summed E-state index contributed by atoms with van der Waals surface area (Å²) < 4.78 is 19.8. The number of para-hydroxylation sites is 1. The Bertz CT molecular complexity index is 644. The van der Waals surface area contributed by atoms with Crippen molar-refractivity contribution in [3.05, 3.63) is 65.0 Å². The van der Waals surface area contributed by atoms with Gasteiger partial charge in [0.2, 0.25) is 0 Å². The third-order valence-corrected chi connectivity index (χ3v) is 3.11. The molecule has 0 aliphatic rings. The Kier molecular flexibility index (Phi) is 4.90. The monoisotopic (exact) mass is 288 g/mol. The van der Waals surface area contributed by atoms with Gasteiger partial charge in [0.05, 0.1) is 5.56 Å². The van der Waals surface area contributed by atoms with E-state index in [9.17, 15) is 4.39 Å². The van der Waals surface area contributed by atoms with Crippen LogP contribution in [0, 0.1) is 11.2 Å². The van der Waals surface area contributed by atoms with Crippen LogP contribution >= 0.6 is 0 Å². The number of halogens is 1. The summed E-state index contributed by atoms with van der Waals surface area (Å²) in [7, 11) is 0. The van der Waals surface area contributed by atoms with Crippen molar-refractivity contribution < 1.29 is 14.2 Å². The molecule has 0 bridgehead atoms. The molecule has 0 fully saturated rings. The standard InChI is InChI=1S/C16H17FN2O2/c17-15-12(5-3-6-13(15)16(18)19)10-21-14-7-2-1-4-11(14)8-9-20/h1-7,20H,8-10H2,(H3,18,19). The van der Waals surface area contributed by atoms with E-state index in [1.165, 1.54) is 6.07 Å². The van der Waals surface area contributed by atoms with Gasteiger partial charge >= 0.3 is 0 Å². The lowest BCUT2D eigenvalue weighted by Gasteiger charge is -2.12. The van der Waals surface area contributed by atoms with Crippen molar-refractivity contribution in [3.63, 3.8) is 0 Å². The minimum Gasteiger partial charge on any atom is -0.489 e. The number of amidine groups is 1. The summed E-state index contributed by atoms with van der Waals surface area (Å²) in [6.45, 7) is 0.0595. The molecule has 0 amide bonds. The van der Waals surface area contributed by atoms with E-state index in [-0.39, 0.29) is 24.6 Å². The number of rotatable bonds is 6. The molecule has 0 spiro atoms. The Morgan fingerprint density at radius 1 is 1.14 bits per heavy atom. The molecule has 0 atom stereocenters. The third kappa shape index (κ3) is 3.58. The molecule has 0 saturated carbocycles. The lowest BCUT2D eigenvalue weighted by molar-refractivity contribution is 0.281. The normalized spacial score (nSPS) is 10.4. The second kappa shape index (κ2) is 6.85. The fraction of sp³-hybridized carbons (Fsp3) is 0.188. The summed E-state index contributed by atoms with van der Waals surface area (Å²) >= 11 is 0. The molecule has 21 heavy (non-hydrogen) atoms. The van der Waals surface area contributed by atoms with Crippen LogP contribution in [0.15, 0.2) is 42.5 Å². The zero-order chi connectivity index (χ0) is 15.2. The van der Waals surface area contributed by atoms with Crippen LogP contribution in [-0.2, 0) is 13.0 Å². The van der Waals surface area contributed by atoms with Crippen LogP contribution in [0.4, 0.5) is 4.39 Å². The number of aliphatic hydroxyl groups excluding tert-OH is 1. The van der Waals surface area contributed by atoms with Crippen LogP contribution in [0.2, 0.25) is 0 Å². The van der Waals surface area contributed by atoms with Gasteiger partial charge in [0.25, 0.3) is 0 Å². The molecule has 0 unspecified atom stereocenters. The zero-order valence-electron chi connectivity index (χ0n) is 11.5.